The summed E-state index contributed by atoms with van der Waals surface area (Å²) in [6, 6.07) is 17.6. The molecule has 0 unspecified atom stereocenters. The molecular weight excluding hydrogens is 466 g/mol. The Morgan fingerprint density at radius 2 is 1.76 bits per heavy atom. The van der Waals surface area contributed by atoms with E-state index in [2.05, 4.69) is 15.3 Å². The van der Waals surface area contributed by atoms with E-state index in [1.165, 1.54) is 0 Å². The Labute approximate surface area is 208 Å². The van der Waals surface area contributed by atoms with E-state index in [9.17, 15) is 4.79 Å². The number of hydrogen-bond acceptors (Lipinski definition) is 5. The van der Waals surface area contributed by atoms with Gasteiger partial charge in [-0.25, -0.2) is 9.67 Å². The van der Waals surface area contributed by atoms with Gasteiger partial charge < -0.3 is 4.90 Å². The van der Waals surface area contributed by atoms with E-state index in [-0.39, 0.29) is 5.91 Å². The summed E-state index contributed by atoms with van der Waals surface area (Å²) >= 11 is 7.78. The van der Waals surface area contributed by atoms with Crippen LogP contribution in [-0.2, 0) is 17.8 Å². The first-order valence-electron chi connectivity index (χ1n) is 11.4. The minimum atomic E-state index is 0.131. The highest BCUT2D eigenvalue weighted by molar-refractivity contribution is 7.09. The molecular formula is C26H26ClN5OS. The van der Waals surface area contributed by atoms with Crippen molar-refractivity contribution < 1.29 is 4.79 Å². The lowest BCUT2D eigenvalue weighted by Crippen LogP contribution is -2.48. The van der Waals surface area contributed by atoms with Crippen molar-refractivity contribution in [2.45, 2.75) is 19.9 Å². The standard InChI is InChI=1S/C26H26ClN5OS/c1-19-28-23(18-34-19)17-30-11-13-31(14-12-30)25(33)15-21-16-32(24-5-3-2-4-6-24)29-26(21)20-7-9-22(27)10-8-20/h2-10,16,18H,11-15,17H2,1H3. The van der Waals surface area contributed by atoms with Gasteiger partial charge in [-0.15, -0.1) is 11.3 Å². The van der Waals surface area contributed by atoms with Crippen LogP contribution in [0.4, 0.5) is 0 Å². The normalized spacial score (nSPS) is 14.5. The molecule has 0 atom stereocenters. The van der Waals surface area contributed by atoms with Crippen LogP contribution in [0.2, 0.25) is 5.02 Å². The van der Waals surface area contributed by atoms with Crippen molar-refractivity contribution in [1.29, 1.82) is 0 Å². The van der Waals surface area contributed by atoms with Crippen molar-refractivity contribution in [3.63, 3.8) is 0 Å². The zero-order valence-corrected chi connectivity index (χ0v) is 20.6. The number of rotatable bonds is 6. The molecule has 174 valence electrons. The van der Waals surface area contributed by atoms with E-state index in [1.807, 2.05) is 77.3 Å². The fourth-order valence-corrected chi connectivity index (χ4v) is 4.97. The van der Waals surface area contributed by atoms with E-state index in [4.69, 9.17) is 16.7 Å². The maximum absolute atomic E-state index is 13.3. The molecule has 1 fully saturated rings. The van der Waals surface area contributed by atoms with Crippen molar-refractivity contribution in [2.75, 3.05) is 26.2 Å². The van der Waals surface area contributed by atoms with Crippen LogP contribution in [0, 0.1) is 6.92 Å². The lowest BCUT2D eigenvalue weighted by molar-refractivity contribution is -0.132. The SMILES string of the molecule is Cc1nc(CN2CCN(C(=O)Cc3cn(-c4ccccc4)nc3-c3ccc(Cl)cc3)CC2)cs1. The molecule has 1 amide bonds. The molecule has 0 aliphatic carbocycles. The van der Waals surface area contributed by atoms with Gasteiger partial charge in [0.05, 0.1) is 28.5 Å². The molecule has 1 saturated heterocycles. The monoisotopic (exact) mass is 491 g/mol. The Bertz CT molecular complexity index is 1260. The molecule has 0 bridgehead atoms. The number of piperazine rings is 1. The molecule has 2 aromatic carbocycles. The molecule has 8 heteroatoms. The van der Waals surface area contributed by atoms with Gasteiger partial charge in [0.2, 0.25) is 5.91 Å². The first-order chi connectivity index (χ1) is 16.5. The minimum Gasteiger partial charge on any atom is -0.340 e. The second-order valence-electron chi connectivity index (χ2n) is 8.48. The van der Waals surface area contributed by atoms with Crippen molar-refractivity contribution in [1.82, 2.24) is 24.6 Å². The van der Waals surface area contributed by atoms with Crippen LogP contribution in [0.25, 0.3) is 16.9 Å². The van der Waals surface area contributed by atoms with Gasteiger partial charge in [-0.2, -0.15) is 5.10 Å². The summed E-state index contributed by atoms with van der Waals surface area (Å²) in [5, 5.41) is 8.72. The molecule has 1 aliphatic rings. The maximum atomic E-state index is 13.3. The Morgan fingerprint density at radius 1 is 1.03 bits per heavy atom. The molecule has 3 heterocycles. The summed E-state index contributed by atoms with van der Waals surface area (Å²) in [5.74, 6) is 0.131. The van der Waals surface area contributed by atoms with Crippen molar-refractivity contribution >= 4 is 28.8 Å². The van der Waals surface area contributed by atoms with Crippen LogP contribution in [0.3, 0.4) is 0 Å². The molecule has 4 aromatic rings. The number of aryl methyl sites for hydroxylation is 1. The quantitative estimate of drug-likeness (QED) is 0.387. The Balaban J connectivity index is 1.30. The van der Waals surface area contributed by atoms with Gasteiger partial charge in [-0.05, 0) is 31.2 Å². The number of amides is 1. The highest BCUT2D eigenvalue weighted by atomic mass is 35.5. The predicted molar refractivity (Wildman–Crippen MR) is 136 cm³/mol. The van der Waals surface area contributed by atoms with Crippen LogP contribution >= 0.6 is 22.9 Å². The van der Waals surface area contributed by atoms with E-state index < -0.39 is 0 Å². The van der Waals surface area contributed by atoms with Gasteiger partial charge in [0.15, 0.2) is 0 Å². The molecule has 5 rings (SSSR count). The third-order valence-corrected chi connectivity index (χ3v) is 7.12. The van der Waals surface area contributed by atoms with Crippen molar-refractivity contribution in [3.8, 4) is 16.9 Å². The molecule has 0 saturated carbocycles. The maximum Gasteiger partial charge on any atom is 0.227 e. The molecule has 0 radical (unpaired) electrons. The van der Waals surface area contributed by atoms with Gasteiger partial charge in [0.25, 0.3) is 0 Å². The summed E-state index contributed by atoms with van der Waals surface area (Å²) in [6.45, 7) is 6.04. The van der Waals surface area contributed by atoms with Gasteiger partial charge in [-0.1, -0.05) is 41.9 Å². The van der Waals surface area contributed by atoms with Gasteiger partial charge in [0, 0.05) is 60.5 Å². The average molecular weight is 492 g/mol. The Kier molecular flexibility index (Phi) is 6.76. The number of aromatic nitrogens is 3. The number of carbonyl (C=O) groups is 1. The number of hydrogen-bond donors (Lipinski definition) is 0. The molecule has 0 spiro atoms. The number of para-hydroxylation sites is 1. The molecule has 6 nitrogen and oxygen atoms in total. The van der Waals surface area contributed by atoms with E-state index in [0.29, 0.717) is 11.4 Å². The Hall–Kier alpha value is -3.00. The van der Waals surface area contributed by atoms with Gasteiger partial charge in [0.1, 0.15) is 0 Å². The number of halogens is 1. The Morgan fingerprint density at radius 3 is 2.44 bits per heavy atom. The summed E-state index contributed by atoms with van der Waals surface area (Å²) < 4.78 is 1.85. The first kappa shape index (κ1) is 22.8. The van der Waals surface area contributed by atoms with Gasteiger partial charge >= 0.3 is 0 Å². The summed E-state index contributed by atoms with van der Waals surface area (Å²) in [7, 11) is 0. The summed E-state index contributed by atoms with van der Waals surface area (Å²) in [4.78, 5) is 22.2. The lowest BCUT2D eigenvalue weighted by Gasteiger charge is -2.34. The lowest BCUT2D eigenvalue weighted by atomic mass is 10.1. The zero-order chi connectivity index (χ0) is 23.5. The van der Waals surface area contributed by atoms with E-state index in [0.717, 1.165) is 65.9 Å². The summed E-state index contributed by atoms with van der Waals surface area (Å²) in [5.41, 5.74) is 4.75. The second-order valence-corrected chi connectivity index (χ2v) is 9.98. The number of benzene rings is 2. The fourth-order valence-electron chi connectivity index (χ4n) is 4.24. The molecule has 0 N–H and O–H groups in total. The predicted octanol–water partition coefficient (Wildman–Crippen LogP) is 4.84. The van der Waals surface area contributed by atoms with Gasteiger partial charge in [-0.3, -0.25) is 9.69 Å². The van der Waals surface area contributed by atoms with Crippen LogP contribution < -0.4 is 0 Å². The third kappa shape index (κ3) is 5.22. The second kappa shape index (κ2) is 10.1. The number of thiazole rings is 1. The first-order valence-corrected chi connectivity index (χ1v) is 12.6. The van der Waals surface area contributed by atoms with Crippen molar-refractivity contribution in [2.24, 2.45) is 0 Å². The topological polar surface area (TPSA) is 54.3 Å². The zero-order valence-electron chi connectivity index (χ0n) is 19.0. The molecule has 2 aromatic heterocycles. The van der Waals surface area contributed by atoms with Crippen LogP contribution in [-0.4, -0.2) is 56.7 Å². The van der Waals surface area contributed by atoms with E-state index >= 15 is 0 Å². The van der Waals surface area contributed by atoms with E-state index in [1.54, 1.807) is 11.3 Å². The number of carbonyl (C=O) groups excluding carboxylic acids is 1. The smallest absolute Gasteiger partial charge is 0.227 e. The fraction of sp³-hybridized carbons (Fsp3) is 0.269. The largest absolute Gasteiger partial charge is 0.340 e. The van der Waals surface area contributed by atoms with Crippen LogP contribution in [0.15, 0.2) is 66.2 Å². The average Bonchev–Trinajstić information content (AvgIpc) is 3.46. The summed E-state index contributed by atoms with van der Waals surface area (Å²) in [6.07, 6.45) is 2.29. The van der Waals surface area contributed by atoms with Crippen molar-refractivity contribution in [3.05, 3.63) is 87.5 Å². The van der Waals surface area contributed by atoms with Crippen LogP contribution in [0.1, 0.15) is 16.3 Å². The highest BCUT2D eigenvalue weighted by Gasteiger charge is 2.24. The molecule has 1 aliphatic heterocycles. The number of nitrogens with zero attached hydrogens (tertiary/aromatic N) is 5. The highest BCUT2D eigenvalue weighted by Crippen LogP contribution is 2.26. The minimum absolute atomic E-state index is 0.131. The van der Waals surface area contributed by atoms with Crippen LogP contribution in [0.5, 0.6) is 0 Å². The molecule has 34 heavy (non-hydrogen) atoms. The third-order valence-electron chi connectivity index (χ3n) is 6.05.